The highest BCUT2D eigenvalue weighted by molar-refractivity contribution is 7.90. The Labute approximate surface area is 67.2 Å². The van der Waals surface area contributed by atoms with E-state index in [0.29, 0.717) is 19.3 Å². The topological polar surface area (TPSA) is 84.0 Å². The molecule has 0 aromatic carbocycles. The maximum atomic E-state index is 10.6. The van der Waals surface area contributed by atoms with Crippen LogP contribution in [0.4, 0.5) is 0 Å². The number of nitrogens with two attached hydrogens (primary N) is 1. The maximum absolute atomic E-state index is 10.6. The molecule has 0 heterocycles. The quantitative estimate of drug-likeness (QED) is 0.357. The van der Waals surface area contributed by atoms with Crippen molar-refractivity contribution in [3.05, 3.63) is 0 Å². The van der Waals surface area contributed by atoms with Crippen LogP contribution in [0.1, 0.15) is 19.3 Å². The summed E-state index contributed by atoms with van der Waals surface area (Å²) in [6, 6.07) is 0. The van der Waals surface area contributed by atoms with Crippen LogP contribution in [0.15, 0.2) is 0 Å². The summed E-state index contributed by atoms with van der Waals surface area (Å²) < 4.78 is 21.2. The minimum absolute atomic E-state index is 0.124. The normalized spacial score (nSPS) is 11.4. The number of unbranched alkanes of at least 4 members (excludes halogenated alkanes) is 1. The predicted molar refractivity (Wildman–Crippen MR) is 45.5 cm³/mol. The summed E-state index contributed by atoms with van der Waals surface area (Å²) in [6.07, 6.45) is 2.98. The molecule has 0 aliphatic rings. The van der Waals surface area contributed by atoms with E-state index >= 15 is 0 Å². The van der Waals surface area contributed by atoms with E-state index < -0.39 is 9.84 Å². The van der Waals surface area contributed by atoms with Gasteiger partial charge in [-0.25, -0.2) is 8.42 Å². The van der Waals surface area contributed by atoms with Gasteiger partial charge < -0.3 is 5.73 Å². The molecule has 0 spiro atoms. The molecule has 0 unspecified atom stereocenters. The van der Waals surface area contributed by atoms with Gasteiger partial charge in [-0.3, -0.25) is 5.41 Å². The molecule has 0 aromatic rings. The molecule has 4 nitrogen and oxygen atoms in total. The van der Waals surface area contributed by atoms with E-state index in [1.165, 1.54) is 6.26 Å². The van der Waals surface area contributed by atoms with Crippen LogP contribution in [0, 0.1) is 5.41 Å². The first-order valence-electron chi connectivity index (χ1n) is 3.42. The summed E-state index contributed by atoms with van der Waals surface area (Å²) >= 11 is 0. The van der Waals surface area contributed by atoms with E-state index in [2.05, 4.69) is 0 Å². The Morgan fingerprint density at radius 1 is 1.45 bits per heavy atom. The van der Waals surface area contributed by atoms with E-state index in [9.17, 15) is 8.42 Å². The van der Waals surface area contributed by atoms with E-state index in [0.717, 1.165) is 0 Å². The van der Waals surface area contributed by atoms with Crippen LogP contribution in [-0.4, -0.2) is 26.3 Å². The molecule has 0 radical (unpaired) electrons. The van der Waals surface area contributed by atoms with E-state index in [1.807, 2.05) is 0 Å². The molecule has 0 fully saturated rings. The Morgan fingerprint density at radius 3 is 2.36 bits per heavy atom. The van der Waals surface area contributed by atoms with Gasteiger partial charge in [-0.1, -0.05) is 0 Å². The summed E-state index contributed by atoms with van der Waals surface area (Å²) in [4.78, 5) is 0. The van der Waals surface area contributed by atoms with Crippen molar-refractivity contribution in [1.29, 1.82) is 5.41 Å². The van der Waals surface area contributed by atoms with Gasteiger partial charge in [-0.05, 0) is 12.8 Å². The molecule has 0 aliphatic heterocycles. The Bertz CT molecular complexity index is 221. The fourth-order valence-electron chi connectivity index (χ4n) is 0.680. The lowest BCUT2D eigenvalue weighted by molar-refractivity contribution is 0.598. The van der Waals surface area contributed by atoms with Crippen LogP contribution in [0.3, 0.4) is 0 Å². The maximum Gasteiger partial charge on any atom is 0.147 e. The molecule has 66 valence electrons. The molecule has 0 rings (SSSR count). The third-order valence-corrected chi connectivity index (χ3v) is 2.24. The van der Waals surface area contributed by atoms with Gasteiger partial charge in [0.15, 0.2) is 0 Å². The number of hydrogen-bond donors (Lipinski definition) is 2. The zero-order valence-electron chi connectivity index (χ0n) is 6.63. The Kier molecular flexibility index (Phi) is 4.10. The van der Waals surface area contributed by atoms with Gasteiger partial charge in [-0.2, -0.15) is 0 Å². The van der Waals surface area contributed by atoms with Crippen LogP contribution < -0.4 is 5.73 Å². The standard InChI is InChI=1S/C6H14N2O2S/c1-11(9,10)5-3-2-4-6(7)8/h2-5H2,1H3,(H3,7,8). The third-order valence-electron chi connectivity index (χ3n) is 1.21. The summed E-state index contributed by atoms with van der Waals surface area (Å²) in [7, 11) is -2.83. The number of sulfone groups is 1. The fraction of sp³-hybridized carbons (Fsp3) is 0.833. The second-order valence-corrected chi connectivity index (χ2v) is 4.87. The van der Waals surface area contributed by atoms with Gasteiger partial charge in [0.05, 0.1) is 5.84 Å². The highest BCUT2D eigenvalue weighted by Gasteiger charge is 2.00. The van der Waals surface area contributed by atoms with Gasteiger partial charge in [0.2, 0.25) is 0 Å². The number of hydrogen-bond acceptors (Lipinski definition) is 3. The highest BCUT2D eigenvalue weighted by Crippen LogP contribution is 1.97. The van der Waals surface area contributed by atoms with Crippen molar-refractivity contribution < 1.29 is 8.42 Å². The Morgan fingerprint density at radius 2 is 2.00 bits per heavy atom. The van der Waals surface area contributed by atoms with Crippen LogP contribution in [0.2, 0.25) is 0 Å². The van der Waals surface area contributed by atoms with Crippen molar-refractivity contribution in [2.75, 3.05) is 12.0 Å². The molecule has 3 N–H and O–H groups in total. The summed E-state index contributed by atoms with van der Waals surface area (Å²) in [5.41, 5.74) is 5.08. The first-order chi connectivity index (χ1) is 4.92. The fourth-order valence-corrected chi connectivity index (χ4v) is 1.41. The Hall–Kier alpha value is -0.580. The van der Waals surface area contributed by atoms with Gasteiger partial charge in [0.1, 0.15) is 9.84 Å². The number of rotatable bonds is 5. The van der Waals surface area contributed by atoms with Crippen molar-refractivity contribution in [3.8, 4) is 0 Å². The second-order valence-electron chi connectivity index (χ2n) is 2.61. The Balaban J connectivity index is 3.37. The molecule has 0 saturated carbocycles. The summed E-state index contributed by atoms with van der Waals surface area (Å²) in [5.74, 6) is 0.318. The molecule has 0 saturated heterocycles. The van der Waals surface area contributed by atoms with Gasteiger partial charge >= 0.3 is 0 Å². The average molecular weight is 178 g/mol. The number of nitrogens with one attached hydrogen (secondary N) is 1. The first-order valence-corrected chi connectivity index (χ1v) is 5.48. The minimum atomic E-state index is -2.83. The van der Waals surface area contributed by atoms with Gasteiger partial charge in [0, 0.05) is 18.4 Å². The molecule has 5 heteroatoms. The minimum Gasteiger partial charge on any atom is -0.388 e. The molecule has 0 bridgehead atoms. The second kappa shape index (κ2) is 4.33. The number of amidine groups is 1. The lowest BCUT2D eigenvalue weighted by atomic mass is 10.2. The molecule has 0 aromatic heterocycles. The monoisotopic (exact) mass is 178 g/mol. The van der Waals surface area contributed by atoms with Gasteiger partial charge in [0.25, 0.3) is 0 Å². The van der Waals surface area contributed by atoms with E-state index in [4.69, 9.17) is 11.1 Å². The van der Waals surface area contributed by atoms with E-state index in [-0.39, 0.29) is 11.6 Å². The zero-order chi connectivity index (χ0) is 8.91. The predicted octanol–water partition coefficient (Wildman–Crippen LogP) is 0.137. The molecule has 0 amide bonds. The SMILES string of the molecule is CS(=O)(=O)CCCCC(=N)N. The summed E-state index contributed by atoms with van der Waals surface area (Å²) in [6.45, 7) is 0. The molecule has 0 aliphatic carbocycles. The molecule has 0 atom stereocenters. The van der Waals surface area contributed by atoms with Crippen LogP contribution >= 0.6 is 0 Å². The zero-order valence-corrected chi connectivity index (χ0v) is 7.45. The van der Waals surface area contributed by atoms with Crippen LogP contribution in [-0.2, 0) is 9.84 Å². The highest BCUT2D eigenvalue weighted by atomic mass is 32.2. The average Bonchev–Trinajstić information content (AvgIpc) is 1.78. The molecular weight excluding hydrogens is 164 g/mol. The van der Waals surface area contributed by atoms with Crippen molar-refractivity contribution in [3.63, 3.8) is 0 Å². The van der Waals surface area contributed by atoms with Crippen molar-refractivity contribution in [1.82, 2.24) is 0 Å². The molecular formula is C6H14N2O2S. The smallest absolute Gasteiger partial charge is 0.147 e. The van der Waals surface area contributed by atoms with Gasteiger partial charge in [-0.15, -0.1) is 0 Å². The summed E-state index contributed by atoms with van der Waals surface area (Å²) in [5, 5.41) is 6.86. The van der Waals surface area contributed by atoms with Crippen molar-refractivity contribution in [2.45, 2.75) is 19.3 Å². The van der Waals surface area contributed by atoms with Crippen molar-refractivity contribution in [2.24, 2.45) is 5.73 Å². The molecule has 11 heavy (non-hydrogen) atoms. The largest absolute Gasteiger partial charge is 0.388 e. The van der Waals surface area contributed by atoms with E-state index in [1.54, 1.807) is 0 Å². The third kappa shape index (κ3) is 9.42. The first kappa shape index (κ1) is 10.4. The lowest BCUT2D eigenvalue weighted by Gasteiger charge is -1.97. The van der Waals surface area contributed by atoms with Crippen molar-refractivity contribution >= 4 is 15.7 Å². The van der Waals surface area contributed by atoms with Crippen LogP contribution in [0.25, 0.3) is 0 Å². The van der Waals surface area contributed by atoms with Crippen LogP contribution in [0.5, 0.6) is 0 Å². The lowest BCUT2D eigenvalue weighted by Crippen LogP contribution is -2.10.